The molecule has 1 unspecified atom stereocenters. The van der Waals surface area contributed by atoms with Crippen LogP contribution in [0.15, 0.2) is 60.7 Å². The van der Waals surface area contributed by atoms with Gasteiger partial charge >= 0.3 is 0 Å². The molecule has 0 radical (unpaired) electrons. The van der Waals surface area contributed by atoms with Gasteiger partial charge in [0.1, 0.15) is 23.9 Å². The van der Waals surface area contributed by atoms with Crippen LogP contribution in [-0.4, -0.2) is 45.3 Å². The molecule has 3 aromatic carbocycles. The van der Waals surface area contributed by atoms with E-state index in [0.29, 0.717) is 30.2 Å². The molecular formula is C26H26FNO5. The first kappa shape index (κ1) is 22.5. The average molecular weight is 451 g/mol. The zero-order chi connectivity index (χ0) is 23.4. The Labute approximate surface area is 192 Å². The second-order valence-corrected chi connectivity index (χ2v) is 7.64. The lowest BCUT2D eigenvalue weighted by molar-refractivity contribution is 0.0584. The van der Waals surface area contributed by atoms with Crippen molar-refractivity contribution in [3.8, 4) is 23.0 Å². The summed E-state index contributed by atoms with van der Waals surface area (Å²) in [6, 6.07) is 16.6. The molecule has 0 N–H and O–H groups in total. The fraction of sp³-hybridized carbons (Fsp3) is 0.269. The third kappa shape index (κ3) is 4.58. The zero-order valence-corrected chi connectivity index (χ0v) is 18.8. The summed E-state index contributed by atoms with van der Waals surface area (Å²) in [5.41, 5.74) is 1.96. The Hall–Kier alpha value is -3.74. The number of halogens is 1. The average Bonchev–Trinajstić information content (AvgIpc) is 2.86. The Bertz CT molecular complexity index is 1130. The molecule has 3 aromatic rings. The van der Waals surface area contributed by atoms with Crippen molar-refractivity contribution >= 4 is 5.91 Å². The standard InChI is InChI=1S/C26H26FNO5/c1-30-18-8-10-19(11-9-18)33-16-23-21-15-25(32-3)24(31-2)14-17(21)12-13-28(23)26(29)20-6-4-5-7-22(20)27/h4-11,14-15,23H,12-13,16H2,1-3H3. The highest BCUT2D eigenvalue weighted by Crippen LogP contribution is 2.39. The number of fused-ring (bicyclic) bond motifs is 1. The van der Waals surface area contributed by atoms with Crippen LogP contribution >= 0.6 is 0 Å². The monoisotopic (exact) mass is 451 g/mol. The van der Waals surface area contributed by atoms with E-state index >= 15 is 0 Å². The molecule has 0 aliphatic carbocycles. The predicted octanol–water partition coefficient (Wildman–Crippen LogP) is 4.67. The number of carbonyl (C=O) groups is 1. The van der Waals surface area contributed by atoms with E-state index in [1.807, 2.05) is 12.1 Å². The van der Waals surface area contributed by atoms with Gasteiger partial charge in [0.2, 0.25) is 0 Å². The van der Waals surface area contributed by atoms with Gasteiger partial charge in [0.15, 0.2) is 11.5 Å². The van der Waals surface area contributed by atoms with Gasteiger partial charge in [-0.3, -0.25) is 4.79 Å². The van der Waals surface area contributed by atoms with Gasteiger partial charge in [-0.15, -0.1) is 0 Å². The molecule has 0 saturated heterocycles. The van der Waals surface area contributed by atoms with E-state index in [1.54, 1.807) is 62.6 Å². The van der Waals surface area contributed by atoms with E-state index in [0.717, 1.165) is 16.9 Å². The van der Waals surface area contributed by atoms with Gasteiger partial charge in [-0.1, -0.05) is 12.1 Å². The molecule has 33 heavy (non-hydrogen) atoms. The highest BCUT2D eigenvalue weighted by molar-refractivity contribution is 5.95. The third-order valence-corrected chi connectivity index (χ3v) is 5.84. The van der Waals surface area contributed by atoms with E-state index in [1.165, 1.54) is 12.1 Å². The molecule has 6 nitrogen and oxygen atoms in total. The Morgan fingerprint density at radius 2 is 1.61 bits per heavy atom. The molecule has 4 rings (SSSR count). The third-order valence-electron chi connectivity index (χ3n) is 5.84. The van der Waals surface area contributed by atoms with Crippen LogP contribution in [0.2, 0.25) is 0 Å². The van der Waals surface area contributed by atoms with Crippen LogP contribution in [0.1, 0.15) is 27.5 Å². The molecule has 172 valence electrons. The second-order valence-electron chi connectivity index (χ2n) is 7.64. The van der Waals surface area contributed by atoms with Crippen LogP contribution in [0, 0.1) is 5.82 Å². The van der Waals surface area contributed by atoms with Crippen LogP contribution in [0.5, 0.6) is 23.0 Å². The Kier molecular flexibility index (Phi) is 6.68. The number of methoxy groups -OCH3 is 3. The highest BCUT2D eigenvalue weighted by atomic mass is 19.1. The van der Waals surface area contributed by atoms with Crippen LogP contribution in [0.25, 0.3) is 0 Å². The largest absolute Gasteiger partial charge is 0.497 e. The van der Waals surface area contributed by atoms with E-state index in [4.69, 9.17) is 18.9 Å². The van der Waals surface area contributed by atoms with Crippen molar-refractivity contribution in [2.45, 2.75) is 12.5 Å². The van der Waals surface area contributed by atoms with Crippen molar-refractivity contribution in [2.75, 3.05) is 34.5 Å². The topological polar surface area (TPSA) is 57.2 Å². The van der Waals surface area contributed by atoms with E-state index in [9.17, 15) is 9.18 Å². The van der Waals surface area contributed by atoms with Crippen LogP contribution in [0.3, 0.4) is 0 Å². The van der Waals surface area contributed by atoms with Gasteiger partial charge in [0.25, 0.3) is 5.91 Å². The molecule has 7 heteroatoms. The van der Waals surface area contributed by atoms with Gasteiger partial charge in [-0.2, -0.15) is 0 Å². The Morgan fingerprint density at radius 3 is 2.27 bits per heavy atom. The van der Waals surface area contributed by atoms with Crippen molar-refractivity contribution in [2.24, 2.45) is 0 Å². The highest BCUT2D eigenvalue weighted by Gasteiger charge is 2.34. The number of ether oxygens (including phenoxy) is 4. The van der Waals surface area contributed by atoms with Gasteiger partial charge in [-0.25, -0.2) is 4.39 Å². The van der Waals surface area contributed by atoms with Gasteiger partial charge in [0.05, 0.1) is 32.9 Å². The van der Waals surface area contributed by atoms with E-state index in [2.05, 4.69) is 0 Å². The number of hydrogen-bond donors (Lipinski definition) is 0. The molecule has 0 fully saturated rings. The molecule has 1 atom stereocenters. The lowest BCUT2D eigenvalue weighted by atomic mass is 9.91. The maximum absolute atomic E-state index is 14.4. The Morgan fingerprint density at radius 1 is 0.939 bits per heavy atom. The predicted molar refractivity (Wildman–Crippen MR) is 122 cm³/mol. The maximum atomic E-state index is 14.4. The molecule has 1 aliphatic rings. The second kappa shape index (κ2) is 9.81. The van der Waals surface area contributed by atoms with Crippen LogP contribution < -0.4 is 18.9 Å². The zero-order valence-electron chi connectivity index (χ0n) is 18.8. The summed E-state index contributed by atoms with van der Waals surface area (Å²) < 4.78 is 36.6. The van der Waals surface area contributed by atoms with E-state index < -0.39 is 11.9 Å². The fourth-order valence-electron chi connectivity index (χ4n) is 4.09. The summed E-state index contributed by atoms with van der Waals surface area (Å²) in [5, 5.41) is 0. The number of carbonyl (C=O) groups excluding carboxylic acids is 1. The molecule has 0 saturated carbocycles. The number of nitrogens with zero attached hydrogens (tertiary/aromatic N) is 1. The lowest BCUT2D eigenvalue weighted by Crippen LogP contribution is -2.43. The smallest absolute Gasteiger partial charge is 0.257 e. The first-order valence-corrected chi connectivity index (χ1v) is 10.6. The van der Waals surface area contributed by atoms with Crippen molar-refractivity contribution in [3.05, 3.63) is 83.2 Å². The molecule has 0 aromatic heterocycles. The summed E-state index contributed by atoms with van der Waals surface area (Å²) in [7, 11) is 4.76. The molecule has 0 spiro atoms. The minimum atomic E-state index is -0.546. The molecular weight excluding hydrogens is 425 g/mol. The van der Waals surface area contributed by atoms with Gasteiger partial charge in [0, 0.05) is 6.54 Å². The summed E-state index contributed by atoms with van der Waals surface area (Å²) in [6.07, 6.45) is 0.606. The number of benzene rings is 3. The number of rotatable bonds is 7. The molecule has 1 amide bonds. The first-order chi connectivity index (χ1) is 16.0. The fourth-order valence-corrected chi connectivity index (χ4v) is 4.09. The molecule has 1 aliphatic heterocycles. The maximum Gasteiger partial charge on any atom is 0.257 e. The number of amides is 1. The lowest BCUT2D eigenvalue weighted by Gasteiger charge is -2.37. The molecule has 1 heterocycles. The minimum absolute atomic E-state index is 0.0378. The summed E-state index contributed by atoms with van der Waals surface area (Å²) in [4.78, 5) is 15.0. The first-order valence-electron chi connectivity index (χ1n) is 10.6. The molecule has 0 bridgehead atoms. The van der Waals surface area contributed by atoms with Crippen LogP contribution in [0.4, 0.5) is 4.39 Å². The van der Waals surface area contributed by atoms with Gasteiger partial charge in [-0.05, 0) is 66.1 Å². The normalized spacial score (nSPS) is 14.9. The van der Waals surface area contributed by atoms with Crippen molar-refractivity contribution in [3.63, 3.8) is 0 Å². The SMILES string of the molecule is COc1ccc(OCC2c3cc(OC)c(OC)cc3CCN2C(=O)c2ccccc2F)cc1. The quantitative estimate of drug-likeness (QED) is 0.523. The summed E-state index contributed by atoms with van der Waals surface area (Å²) in [5.74, 6) is 1.62. The van der Waals surface area contributed by atoms with Crippen molar-refractivity contribution in [1.82, 2.24) is 4.90 Å². The minimum Gasteiger partial charge on any atom is -0.497 e. The van der Waals surface area contributed by atoms with Gasteiger partial charge < -0.3 is 23.8 Å². The van der Waals surface area contributed by atoms with E-state index in [-0.39, 0.29) is 18.1 Å². The summed E-state index contributed by atoms with van der Waals surface area (Å²) in [6.45, 7) is 0.612. The van der Waals surface area contributed by atoms with Crippen molar-refractivity contribution in [1.29, 1.82) is 0 Å². The Balaban J connectivity index is 1.70. The summed E-state index contributed by atoms with van der Waals surface area (Å²) >= 11 is 0. The van der Waals surface area contributed by atoms with Crippen LogP contribution in [-0.2, 0) is 6.42 Å². The van der Waals surface area contributed by atoms with Crippen molar-refractivity contribution < 1.29 is 28.1 Å². The number of hydrogen-bond acceptors (Lipinski definition) is 5.